The molecule has 0 saturated carbocycles. The van der Waals surface area contributed by atoms with Gasteiger partial charge in [0, 0.05) is 0 Å². The molecule has 0 saturated heterocycles. The summed E-state index contributed by atoms with van der Waals surface area (Å²) in [6, 6.07) is 15.6. The zero-order valence-electron chi connectivity index (χ0n) is 11.8. The number of hydrogen-bond acceptors (Lipinski definition) is 4. The van der Waals surface area contributed by atoms with Gasteiger partial charge in [0.05, 0.1) is 24.6 Å². The van der Waals surface area contributed by atoms with E-state index in [2.05, 4.69) is 10.9 Å². The molecule has 0 aliphatic carbocycles. The Balaban J connectivity index is 1.87. The zero-order valence-corrected chi connectivity index (χ0v) is 11.8. The number of benzene rings is 2. The van der Waals surface area contributed by atoms with Crippen LogP contribution in [0.15, 0.2) is 48.5 Å². The minimum Gasteiger partial charge on any atom is -0.494 e. The summed E-state index contributed by atoms with van der Waals surface area (Å²) in [7, 11) is 0. The van der Waals surface area contributed by atoms with E-state index in [0.717, 1.165) is 22.9 Å². The molecule has 0 fully saturated rings. The Labute approximate surface area is 119 Å². The normalized spacial score (nSPS) is 9.90. The fourth-order valence-corrected chi connectivity index (χ4v) is 1.75. The van der Waals surface area contributed by atoms with Crippen LogP contribution in [-0.2, 0) is 0 Å². The van der Waals surface area contributed by atoms with Crippen LogP contribution < -0.4 is 20.3 Å². The van der Waals surface area contributed by atoms with Crippen LogP contribution in [-0.4, -0.2) is 13.2 Å². The minimum absolute atomic E-state index is 0.678. The molecule has 2 rings (SSSR count). The van der Waals surface area contributed by atoms with Crippen molar-refractivity contribution in [2.75, 3.05) is 24.1 Å². The van der Waals surface area contributed by atoms with Gasteiger partial charge in [-0.15, -0.1) is 0 Å². The lowest BCUT2D eigenvalue weighted by molar-refractivity contribution is 0.340. The fraction of sp³-hybridized carbons (Fsp3) is 0.250. The second-order valence-corrected chi connectivity index (χ2v) is 4.16. The maximum absolute atomic E-state index is 5.40. The Kier molecular flexibility index (Phi) is 5.12. The van der Waals surface area contributed by atoms with Gasteiger partial charge < -0.3 is 20.3 Å². The van der Waals surface area contributed by atoms with Crippen LogP contribution in [0.5, 0.6) is 11.5 Å². The Bertz CT molecular complexity index is 460. The monoisotopic (exact) mass is 272 g/mol. The largest absolute Gasteiger partial charge is 0.494 e. The van der Waals surface area contributed by atoms with Crippen LogP contribution >= 0.6 is 0 Å². The van der Waals surface area contributed by atoms with Gasteiger partial charge in [-0.05, 0) is 62.4 Å². The quantitative estimate of drug-likeness (QED) is 0.750. The third-order valence-corrected chi connectivity index (χ3v) is 2.68. The lowest BCUT2D eigenvalue weighted by Gasteiger charge is -2.11. The number of ether oxygens (including phenoxy) is 2. The third-order valence-electron chi connectivity index (χ3n) is 2.68. The SMILES string of the molecule is CCOc1ccc(NNc2ccc(OCC)cc2)cc1. The third kappa shape index (κ3) is 4.09. The summed E-state index contributed by atoms with van der Waals surface area (Å²) in [6.45, 7) is 5.30. The molecule has 4 heteroatoms. The van der Waals surface area contributed by atoms with Gasteiger partial charge in [-0.3, -0.25) is 0 Å². The highest BCUT2D eigenvalue weighted by molar-refractivity contribution is 5.54. The number of rotatable bonds is 7. The van der Waals surface area contributed by atoms with Gasteiger partial charge in [0.25, 0.3) is 0 Å². The first-order valence-electron chi connectivity index (χ1n) is 6.79. The summed E-state index contributed by atoms with van der Waals surface area (Å²) in [6.07, 6.45) is 0. The second kappa shape index (κ2) is 7.28. The van der Waals surface area contributed by atoms with Crippen molar-refractivity contribution in [3.63, 3.8) is 0 Å². The molecule has 106 valence electrons. The first kappa shape index (κ1) is 14.1. The Morgan fingerprint density at radius 1 is 0.650 bits per heavy atom. The second-order valence-electron chi connectivity index (χ2n) is 4.16. The van der Waals surface area contributed by atoms with Crippen molar-refractivity contribution in [3.8, 4) is 11.5 Å². The summed E-state index contributed by atoms with van der Waals surface area (Å²) in [4.78, 5) is 0. The molecule has 20 heavy (non-hydrogen) atoms. The van der Waals surface area contributed by atoms with E-state index in [0.29, 0.717) is 13.2 Å². The molecule has 0 amide bonds. The smallest absolute Gasteiger partial charge is 0.119 e. The van der Waals surface area contributed by atoms with E-state index < -0.39 is 0 Å². The van der Waals surface area contributed by atoms with Crippen LogP contribution in [0.2, 0.25) is 0 Å². The Hall–Kier alpha value is -2.36. The van der Waals surface area contributed by atoms with Crippen molar-refractivity contribution in [2.24, 2.45) is 0 Å². The molecule has 0 radical (unpaired) electrons. The van der Waals surface area contributed by atoms with E-state index in [4.69, 9.17) is 9.47 Å². The number of hydrogen-bond donors (Lipinski definition) is 2. The summed E-state index contributed by atoms with van der Waals surface area (Å²) in [5.74, 6) is 1.75. The van der Waals surface area contributed by atoms with Crippen LogP contribution in [0.25, 0.3) is 0 Å². The maximum atomic E-state index is 5.40. The predicted molar refractivity (Wildman–Crippen MR) is 82.5 cm³/mol. The molecular weight excluding hydrogens is 252 g/mol. The minimum atomic E-state index is 0.678. The molecule has 2 aromatic carbocycles. The first-order valence-corrected chi connectivity index (χ1v) is 6.79. The van der Waals surface area contributed by atoms with Crippen molar-refractivity contribution in [2.45, 2.75) is 13.8 Å². The summed E-state index contributed by atoms with van der Waals surface area (Å²) in [5, 5.41) is 0. The van der Waals surface area contributed by atoms with Crippen molar-refractivity contribution in [1.29, 1.82) is 0 Å². The number of anilines is 2. The van der Waals surface area contributed by atoms with Gasteiger partial charge in [-0.1, -0.05) is 0 Å². The maximum Gasteiger partial charge on any atom is 0.119 e. The van der Waals surface area contributed by atoms with Crippen molar-refractivity contribution in [1.82, 2.24) is 0 Å². The summed E-state index contributed by atoms with van der Waals surface area (Å²) in [5.41, 5.74) is 8.22. The molecule has 0 bridgehead atoms. The van der Waals surface area contributed by atoms with Gasteiger partial charge in [0.1, 0.15) is 11.5 Å². The average molecular weight is 272 g/mol. The van der Waals surface area contributed by atoms with Crippen molar-refractivity contribution < 1.29 is 9.47 Å². The van der Waals surface area contributed by atoms with Crippen LogP contribution in [0.1, 0.15) is 13.8 Å². The summed E-state index contributed by atoms with van der Waals surface area (Å²) >= 11 is 0. The summed E-state index contributed by atoms with van der Waals surface area (Å²) < 4.78 is 10.8. The molecule has 4 nitrogen and oxygen atoms in total. The Morgan fingerprint density at radius 3 is 1.30 bits per heavy atom. The van der Waals surface area contributed by atoms with Crippen LogP contribution in [0.4, 0.5) is 11.4 Å². The van der Waals surface area contributed by atoms with Crippen molar-refractivity contribution >= 4 is 11.4 Å². The number of nitrogens with one attached hydrogen (secondary N) is 2. The van der Waals surface area contributed by atoms with E-state index in [1.807, 2.05) is 62.4 Å². The van der Waals surface area contributed by atoms with Gasteiger partial charge in [-0.25, -0.2) is 0 Å². The predicted octanol–water partition coefficient (Wildman–Crippen LogP) is 3.92. The van der Waals surface area contributed by atoms with E-state index in [1.54, 1.807) is 0 Å². The fourth-order valence-electron chi connectivity index (χ4n) is 1.75. The van der Waals surface area contributed by atoms with Crippen LogP contribution in [0.3, 0.4) is 0 Å². The van der Waals surface area contributed by atoms with Crippen LogP contribution in [0, 0.1) is 0 Å². The zero-order chi connectivity index (χ0) is 14.2. The average Bonchev–Trinajstić information content (AvgIpc) is 2.49. The molecular formula is C16H20N2O2. The highest BCUT2D eigenvalue weighted by Gasteiger charge is 1.96. The number of hydrazine groups is 1. The van der Waals surface area contributed by atoms with Gasteiger partial charge in [0.15, 0.2) is 0 Å². The van der Waals surface area contributed by atoms with Gasteiger partial charge in [0.2, 0.25) is 0 Å². The van der Waals surface area contributed by atoms with E-state index in [-0.39, 0.29) is 0 Å². The van der Waals surface area contributed by atoms with E-state index in [9.17, 15) is 0 Å². The molecule has 0 heterocycles. The van der Waals surface area contributed by atoms with Gasteiger partial charge >= 0.3 is 0 Å². The molecule has 2 aromatic rings. The van der Waals surface area contributed by atoms with E-state index in [1.165, 1.54) is 0 Å². The molecule has 0 spiro atoms. The first-order chi connectivity index (χ1) is 9.81. The molecule has 0 atom stereocenters. The molecule has 0 unspecified atom stereocenters. The highest BCUT2D eigenvalue weighted by atomic mass is 16.5. The van der Waals surface area contributed by atoms with Gasteiger partial charge in [-0.2, -0.15) is 0 Å². The standard InChI is InChI=1S/C16H20N2O2/c1-3-19-15-9-5-13(6-10-15)17-18-14-7-11-16(12-8-14)20-4-2/h5-12,17-18H,3-4H2,1-2H3. The van der Waals surface area contributed by atoms with Crippen molar-refractivity contribution in [3.05, 3.63) is 48.5 Å². The topological polar surface area (TPSA) is 42.5 Å². The Morgan fingerprint density at radius 2 is 1.00 bits per heavy atom. The lowest BCUT2D eigenvalue weighted by atomic mass is 10.3. The molecule has 0 aromatic heterocycles. The molecule has 0 aliphatic rings. The molecule has 2 N–H and O–H groups in total. The highest BCUT2D eigenvalue weighted by Crippen LogP contribution is 2.18. The lowest BCUT2D eigenvalue weighted by Crippen LogP contribution is -2.08. The van der Waals surface area contributed by atoms with E-state index >= 15 is 0 Å². The molecule has 0 aliphatic heterocycles.